The van der Waals surface area contributed by atoms with Crippen LogP contribution < -0.4 is 0 Å². The van der Waals surface area contributed by atoms with Gasteiger partial charge in [0.1, 0.15) is 5.60 Å². The molecule has 0 aromatic carbocycles. The molecule has 2 heteroatoms. The van der Waals surface area contributed by atoms with Gasteiger partial charge in [-0.2, -0.15) is 0 Å². The molecule has 4 aliphatic rings. The van der Waals surface area contributed by atoms with E-state index in [0.717, 1.165) is 17.8 Å². The molecule has 154 valence electrons. The molecule has 3 saturated carbocycles. The van der Waals surface area contributed by atoms with E-state index in [0.29, 0.717) is 23.7 Å². The van der Waals surface area contributed by atoms with Crippen molar-refractivity contribution >= 4 is 5.97 Å². The number of rotatable bonds is 7. The number of hydrogen-bond acceptors (Lipinski definition) is 2. The number of hydrogen-bond donors (Lipinski definition) is 0. The topological polar surface area (TPSA) is 26.3 Å². The summed E-state index contributed by atoms with van der Waals surface area (Å²) in [6.45, 7) is 7.22. The average Bonchev–Trinajstić information content (AvgIpc) is 3.13. The third-order valence-electron chi connectivity index (χ3n) is 9.68. The van der Waals surface area contributed by atoms with E-state index < -0.39 is 0 Å². The van der Waals surface area contributed by atoms with E-state index in [1.807, 2.05) is 0 Å². The fourth-order valence-corrected chi connectivity index (χ4v) is 8.09. The molecule has 7 atom stereocenters. The molecule has 0 N–H and O–H groups in total. The van der Waals surface area contributed by atoms with Gasteiger partial charge in [0.2, 0.25) is 0 Å². The normalized spacial score (nSPS) is 45.9. The number of fused-ring (bicyclic) bond motifs is 5. The Morgan fingerprint density at radius 3 is 2.52 bits per heavy atom. The fourth-order valence-electron chi connectivity index (χ4n) is 8.09. The molecule has 1 heterocycles. The lowest BCUT2D eigenvalue weighted by Gasteiger charge is -2.56. The molecule has 1 aliphatic heterocycles. The highest BCUT2D eigenvalue weighted by Crippen LogP contribution is 2.65. The maximum atomic E-state index is 12.0. The van der Waals surface area contributed by atoms with Crippen molar-refractivity contribution in [2.24, 2.45) is 35.0 Å². The van der Waals surface area contributed by atoms with Crippen LogP contribution in [0.25, 0.3) is 0 Å². The highest BCUT2D eigenvalue weighted by molar-refractivity contribution is 5.73. The van der Waals surface area contributed by atoms with Gasteiger partial charge < -0.3 is 4.74 Å². The van der Waals surface area contributed by atoms with Crippen molar-refractivity contribution < 1.29 is 9.53 Å². The molecule has 0 aromatic rings. The van der Waals surface area contributed by atoms with E-state index in [-0.39, 0.29) is 11.6 Å². The van der Waals surface area contributed by atoms with Gasteiger partial charge >= 0.3 is 5.97 Å². The minimum atomic E-state index is -0.140. The summed E-state index contributed by atoms with van der Waals surface area (Å²) in [6.07, 6.45) is 18.8. The van der Waals surface area contributed by atoms with Crippen molar-refractivity contribution in [3.05, 3.63) is 0 Å². The highest BCUT2D eigenvalue weighted by atomic mass is 16.6. The first-order chi connectivity index (χ1) is 13.0. The maximum absolute atomic E-state index is 12.0. The summed E-state index contributed by atoms with van der Waals surface area (Å²) >= 11 is 0. The van der Waals surface area contributed by atoms with Gasteiger partial charge in [-0.25, -0.2) is 0 Å². The number of esters is 1. The Morgan fingerprint density at radius 2 is 1.70 bits per heavy atom. The number of carbonyl (C=O) groups is 1. The van der Waals surface area contributed by atoms with Gasteiger partial charge in [-0.05, 0) is 75.0 Å². The first-order valence-electron chi connectivity index (χ1n) is 12.2. The molecule has 0 bridgehead atoms. The molecular weight excluding hydrogens is 332 g/mol. The first kappa shape index (κ1) is 19.8. The van der Waals surface area contributed by atoms with Crippen LogP contribution in [0.2, 0.25) is 0 Å². The van der Waals surface area contributed by atoms with Crippen molar-refractivity contribution in [1.82, 2.24) is 0 Å². The second-order valence-corrected chi connectivity index (χ2v) is 10.9. The Labute approximate surface area is 167 Å². The molecule has 4 rings (SSSR count). The van der Waals surface area contributed by atoms with Crippen LogP contribution in [0.5, 0.6) is 0 Å². The van der Waals surface area contributed by atoms with Gasteiger partial charge in [0, 0.05) is 11.8 Å². The van der Waals surface area contributed by atoms with Gasteiger partial charge in [0.15, 0.2) is 0 Å². The van der Waals surface area contributed by atoms with Crippen molar-refractivity contribution in [3.8, 4) is 0 Å². The van der Waals surface area contributed by atoms with Crippen molar-refractivity contribution in [2.45, 2.75) is 116 Å². The monoisotopic (exact) mass is 374 g/mol. The SMILES string of the molecule is CCCCCCCCC1CCC2C3CCC4CC(=O)OC4(C)C3CCC12C. The summed E-state index contributed by atoms with van der Waals surface area (Å²) in [5, 5.41) is 0. The molecule has 7 unspecified atom stereocenters. The molecule has 0 radical (unpaired) electrons. The zero-order valence-corrected chi connectivity index (χ0v) is 18.1. The zero-order chi connectivity index (χ0) is 19.1. The Hall–Kier alpha value is -0.530. The van der Waals surface area contributed by atoms with E-state index in [1.165, 1.54) is 83.5 Å². The Morgan fingerprint density at radius 1 is 0.926 bits per heavy atom. The number of unbranched alkanes of at least 4 members (excludes halogenated alkanes) is 5. The predicted molar refractivity (Wildman–Crippen MR) is 110 cm³/mol. The largest absolute Gasteiger partial charge is 0.459 e. The second-order valence-electron chi connectivity index (χ2n) is 10.9. The molecule has 27 heavy (non-hydrogen) atoms. The Kier molecular flexibility index (Phi) is 5.65. The number of ether oxygens (including phenoxy) is 1. The second kappa shape index (κ2) is 7.71. The number of carbonyl (C=O) groups excluding carboxylic acids is 1. The highest BCUT2D eigenvalue weighted by Gasteiger charge is 2.62. The molecule has 0 amide bonds. The van der Waals surface area contributed by atoms with Crippen LogP contribution in [0, 0.1) is 35.0 Å². The third kappa shape index (κ3) is 3.38. The van der Waals surface area contributed by atoms with E-state index in [2.05, 4.69) is 20.8 Å². The first-order valence-corrected chi connectivity index (χ1v) is 12.2. The van der Waals surface area contributed by atoms with E-state index >= 15 is 0 Å². The summed E-state index contributed by atoms with van der Waals surface area (Å²) in [5.41, 5.74) is 0.426. The smallest absolute Gasteiger partial charge is 0.306 e. The standard InChI is InChI=1S/C25H42O2/c1-4-5-6-7-8-9-10-18-12-14-21-20-13-11-19-17-23(26)27-25(19,3)22(20)15-16-24(18,21)2/h18-22H,4-17H2,1-3H3. The zero-order valence-electron chi connectivity index (χ0n) is 18.1. The van der Waals surface area contributed by atoms with Crippen LogP contribution in [0.4, 0.5) is 0 Å². The molecule has 2 nitrogen and oxygen atoms in total. The lowest BCUT2D eigenvalue weighted by atomic mass is 9.50. The molecule has 3 aliphatic carbocycles. The molecule has 0 spiro atoms. The Balaban J connectivity index is 1.37. The van der Waals surface area contributed by atoms with Crippen LogP contribution >= 0.6 is 0 Å². The van der Waals surface area contributed by atoms with Gasteiger partial charge in [-0.1, -0.05) is 52.4 Å². The van der Waals surface area contributed by atoms with Crippen LogP contribution in [-0.4, -0.2) is 11.6 Å². The molecule has 0 aromatic heterocycles. The van der Waals surface area contributed by atoms with Crippen molar-refractivity contribution in [2.75, 3.05) is 0 Å². The van der Waals surface area contributed by atoms with Gasteiger partial charge in [-0.15, -0.1) is 0 Å². The van der Waals surface area contributed by atoms with E-state index in [9.17, 15) is 4.79 Å². The van der Waals surface area contributed by atoms with Crippen LogP contribution in [-0.2, 0) is 9.53 Å². The summed E-state index contributed by atoms with van der Waals surface area (Å²) < 4.78 is 6.00. The van der Waals surface area contributed by atoms with Crippen LogP contribution in [0.1, 0.15) is 111 Å². The lowest BCUT2D eigenvalue weighted by Crippen LogP contribution is -2.54. The molecular formula is C25H42O2. The minimum Gasteiger partial charge on any atom is -0.459 e. The third-order valence-corrected chi connectivity index (χ3v) is 9.68. The molecule has 1 saturated heterocycles. The predicted octanol–water partition coefficient (Wildman–Crippen LogP) is 6.91. The average molecular weight is 375 g/mol. The van der Waals surface area contributed by atoms with Crippen molar-refractivity contribution in [3.63, 3.8) is 0 Å². The van der Waals surface area contributed by atoms with Gasteiger partial charge in [0.05, 0.1) is 6.42 Å². The fraction of sp³-hybridized carbons (Fsp3) is 0.960. The maximum Gasteiger partial charge on any atom is 0.306 e. The van der Waals surface area contributed by atoms with E-state index in [1.54, 1.807) is 0 Å². The van der Waals surface area contributed by atoms with Crippen LogP contribution in [0.15, 0.2) is 0 Å². The lowest BCUT2D eigenvalue weighted by molar-refractivity contribution is -0.169. The summed E-state index contributed by atoms with van der Waals surface area (Å²) in [4.78, 5) is 12.0. The van der Waals surface area contributed by atoms with E-state index in [4.69, 9.17) is 4.74 Å². The molecule has 4 fully saturated rings. The Bertz CT molecular complexity index is 542. The van der Waals surface area contributed by atoms with Gasteiger partial charge in [0.25, 0.3) is 0 Å². The summed E-state index contributed by atoms with van der Waals surface area (Å²) in [7, 11) is 0. The summed E-state index contributed by atoms with van der Waals surface area (Å²) in [5.74, 6) is 3.85. The van der Waals surface area contributed by atoms with Gasteiger partial charge in [-0.3, -0.25) is 4.79 Å². The van der Waals surface area contributed by atoms with Crippen molar-refractivity contribution in [1.29, 1.82) is 0 Å². The summed E-state index contributed by atoms with van der Waals surface area (Å²) in [6, 6.07) is 0. The quantitative estimate of drug-likeness (QED) is 0.357. The minimum absolute atomic E-state index is 0.0730. The van der Waals surface area contributed by atoms with Crippen LogP contribution in [0.3, 0.4) is 0 Å².